The molecular formula is C19H36NO7PW2-2. The summed E-state index contributed by atoms with van der Waals surface area (Å²) < 4.78 is 40.1. The summed E-state index contributed by atoms with van der Waals surface area (Å²) in [5.41, 5.74) is 6.25. The minimum atomic E-state index is -4.54. The SMILES string of the molecule is CC(C)OC[C@H]1O[C@@H](C)[CH-][C@H]1OP(=O)([O-])OC[C@H]1C(N)[C@@H](C)C[C@H]1OC(C)C.[W].[W]. The van der Waals surface area contributed by atoms with Gasteiger partial charge in [-0.2, -0.15) is 0 Å². The van der Waals surface area contributed by atoms with Gasteiger partial charge in [-0.3, -0.25) is 11.0 Å². The van der Waals surface area contributed by atoms with Crippen molar-refractivity contribution in [3.8, 4) is 0 Å². The molecular weight excluding hydrogens is 753 g/mol. The summed E-state index contributed by atoms with van der Waals surface area (Å²) in [7, 11) is -4.54. The van der Waals surface area contributed by atoms with Crippen molar-refractivity contribution in [2.45, 2.75) is 90.6 Å². The van der Waals surface area contributed by atoms with Gasteiger partial charge in [-0.25, -0.2) is 0 Å². The number of ether oxygens (including phenoxy) is 3. The van der Waals surface area contributed by atoms with Crippen molar-refractivity contribution in [1.82, 2.24) is 0 Å². The topological polar surface area (TPSA) is 112 Å². The van der Waals surface area contributed by atoms with Gasteiger partial charge in [0.2, 0.25) is 0 Å². The number of nitrogens with two attached hydrogens (primary N) is 1. The molecule has 2 aliphatic rings. The summed E-state index contributed by atoms with van der Waals surface area (Å²) in [6, 6.07) is -0.183. The van der Waals surface area contributed by atoms with Crippen molar-refractivity contribution in [3.63, 3.8) is 0 Å². The molecule has 0 amide bonds. The van der Waals surface area contributed by atoms with Crippen LogP contribution in [-0.4, -0.2) is 55.9 Å². The first-order chi connectivity index (χ1) is 13.0. The Balaban J connectivity index is 0.00000420. The Kier molecular flexibility index (Phi) is 14.5. The van der Waals surface area contributed by atoms with E-state index in [1.54, 1.807) is 6.42 Å². The van der Waals surface area contributed by atoms with Gasteiger partial charge in [-0.1, -0.05) is 20.0 Å². The molecule has 2 rings (SSSR count). The molecule has 1 aliphatic heterocycles. The van der Waals surface area contributed by atoms with Gasteiger partial charge in [0.25, 0.3) is 7.82 Å². The van der Waals surface area contributed by atoms with Crippen LogP contribution in [0.4, 0.5) is 0 Å². The van der Waals surface area contributed by atoms with Crippen LogP contribution in [0.25, 0.3) is 0 Å². The maximum atomic E-state index is 12.4. The van der Waals surface area contributed by atoms with E-state index in [-0.39, 0.29) is 97.6 Å². The summed E-state index contributed by atoms with van der Waals surface area (Å²) in [5, 5.41) is 0. The quantitative estimate of drug-likeness (QED) is 0.265. The molecule has 0 radical (unpaired) electrons. The van der Waals surface area contributed by atoms with Crippen molar-refractivity contribution in [2.24, 2.45) is 17.6 Å². The Morgan fingerprint density at radius 2 is 1.80 bits per heavy atom. The molecule has 0 aromatic carbocycles. The second-order valence-electron chi connectivity index (χ2n) is 8.44. The van der Waals surface area contributed by atoms with E-state index in [0.717, 1.165) is 6.42 Å². The fourth-order valence-electron chi connectivity index (χ4n) is 3.76. The van der Waals surface area contributed by atoms with Crippen molar-refractivity contribution < 1.29 is 74.8 Å². The monoisotopic (exact) mass is 789 g/mol. The molecule has 2 N–H and O–H groups in total. The maximum Gasteiger partial charge on any atom is 0.265 e. The van der Waals surface area contributed by atoms with E-state index in [2.05, 4.69) is 0 Å². The molecule has 0 spiro atoms. The summed E-state index contributed by atoms with van der Waals surface area (Å²) in [6.07, 6.45) is 0.958. The Hall–Kier alpha value is 1.33. The molecule has 0 aromatic heterocycles. The van der Waals surface area contributed by atoms with Crippen LogP contribution < -0.4 is 10.6 Å². The predicted octanol–water partition coefficient (Wildman–Crippen LogP) is 2.05. The fraction of sp³-hybridized carbons (Fsp3) is 0.947. The molecule has 30 heavy (non-hydrogen) atoms. The van der Waals surface area contributed by atoms with E-state index >= 15 is 0 Å². The average Bonchev–Trinajstić information content (AvgIpc) is 3.02. The third-order valence-electron chi connectivity index (χ3n) is 5.17. The largest absolute Gasteiger partial charge is 0.756 e. The van der Waals surface area contributed by atoms with Gasteiger partial charge in [-0.05, 0) is 46.1 Å². The third kappa shape index (κ3) is 9.67. The molecule has 1 saturated heterocycles. The van der Waals surface area contributed by atoms with Crippen molar-refractivity contribution in [3.05, 3.63) is 6.42 Å². The van der Waals surface area contributed by atoms with Gasteiger partial charge in [0.05, 0.1) is 37.6 Å². The van der Waals surface area contributed by atoms with Gasteiger partial charge in [0.1, 0.15) is 0 Å². The molecule has 1 aliphatic carbocycles. The Morgan fingerprint density at radius 1 is 1.17 bits per heavy atom. The summed E-state index contributed by atoms with van der Waals surface area (Å²) in [6.45, 7) is 11.8. The molecule has 1 heterocycles. The molecule has 0 aromatic rings. The van der Waals surface area contributed by atoms with E-state index in [9.17, 15) is 9.46 Å². The van der Waals surface area contributed by atoms with Crippen LogP contribution in [-0.2, 0) is 70.0 Å². The van der Waals surface area contributed by atoms with Crippen LogP contribution in [0, 0.1) is 18.3 Å². The van der Waals surface area contributed by atoms with Gasteiger partial charge in [-0.15, -0.1) is 0 Å². The first-order valence-electron chi connectivity index (χ1n) is 10.2. The standard InChI is InChI=1S/C19H37NO7P.2W/c1-11(2)23-10-18-17(8-14(6)26-18)27-28(21,22)24-9-15-16(25-12(3)4)7-13(5)19(15)20;;/h8,11-19H,7,9-10,20H2,1-6H3,(H,21,22);;/q-1;;/p-1/t13-,14-,15+,16+,17+,18+,19?;;/m0../s1. The van der Waals surface area contributed by atoms with Gasteiger partial charge in [0, 0.05) is 54.1 Å². The maximum absolute atomic E-state index is 12.4. The second-order valence-corrected chi connectivity index (χ2v) is 9.81. The van der Waals surface area contributed by atoms with E-state index in [0.29, 0.717) is 0 Å². The van der Waals surface area contributed by atoms with E-state index in [1.165, 1.54) is 0 Å². The molecule has 11 heteroatoms. The molecule has 0 bridgehead atoms. The molecule has 2 unspecified atom stereocenters. The van der Waals surface area contributed by atoms with Crippen LogP contribution in [0.15, 0.2) is 0 Å². The molecule has 2 fully saturated rings. The number of phosphoric acid groups is 1. The number of hydrogen-bond acceptors (Lipinski definition) is 8. The van der Waals surface area contributed by atoms with Crippen molar-refractivity contribution >= 4 is 7.82 Å². The Labute approximate surface area is 209 Å². The van der Waals surface area contributed by atoms with Gasteiger partial charge >= 0.3 is 0 Å². The molecule has 178 valence electrons. The number of hydrogen-bond donors (Lipinski definition) is 1. The van der Waals surface area contributed by atoms with Crippen LogP contribution in [0.2, 0.25) is 0 Å². The minimum Gasteiger partial charge on any atom is -0.756 e. The van der Waals surface area contributed by atoms with E-state index < -0.39 is 20.0 Å². The Bertz CT molecular complexity index is 541. The van der Waals surface area contributed by atoms with Crippen LogP contribution in [0.1, 0.15) is 48.0 Å². The van der Waals surface area contributed by atoms with Crippen LogP contribution >= 0.6 is 7.82 Å². The van der Waals surface area contributed by atoms with E-state index in [1.807, 2.05) is 41.5 Å². The van der Waals surface area contributed by atoms with Gasteiger partial charge < -0.3 is 33.9 Å². The van der Waals surface area contributed by atoms with Crippen molar-refractivity contribution in [1.29, 1.82) is 0 Å². The molecule has 1 saturated carbocycles. The summed E-state index contributed by atoms with van der Waals surface area (Å²) in [4.78, 5) is 12.4. The normalized spacial score (nSPS) is 35.9. The summed E-state index contributed by atoms with van der Waals surface area (Å²) in [5.74, 6) is 0.0327. The zero-order valence-electron chi connectivity index (χ0n) is 18.6. The Morgan fingerprint density at radius 3 is 2.37 bits per heavy atom. The smallest absolute Gasteiger partial charge is 0.265 e. The van der Waals surface area contributed by atoms with Gasteiger partial charge in [0.15, 0.2) is 0 Å². The number of phosphoric ester groups is 1. The third-order valence-corrected chi connectivity index (χ3v) is 6.13. The van der Waals surface area contributed by atoms with E-state index in [4.69, 9.17) is 29.0 Å². The van der Waals surface area contributed by atoms with Crippen LogP contribution in [0.3, 0.4) is 0 Å². The zero-order valence-corrected chi connectivity index (χ0v) is 25.4. The number of rotatable bonds is 10. The molecule has 8 nitrogen and oxygen atoms in total. The van der Waals surface area contributed by atoms with Crippen molar-refractivity contribution in [2.75, 3.05) is 13.2 Å². The second kappa shape index (κ2) is 13.9. The predicted molar refractivity (Wildman–Crippen MR) is 103 cm³/mol. The molecule has 8 atom stereocenters. The fourth-order valence-corrected chi connectivity index (χ4v) is 4.68. The average molecular weight is 789 g/mol. The first-order valence-corrected chi connectivity index (χ1v) is 11.6. The van der Waals surface area contributed by atoms with Crippen LogP contribution in [0.5, 0.6) is 0 Å². The summed E-state index contributed by atoms with van der Waals surface area (Å²) >= 11 is 0. The zero-order chi connectivity index (χ0) is 21.1. The minimum absolute atomic E-state index is 0. The first kappa shape index (κ1) is 31.3.